The lowest BCUT2D eigenvalue weighted by Gasteiger charge is -2.38. The smallest absolute Gasteiger partial charge is 0.407 e. The van der Waals surface area contributed by atoms with Crippen molar-refractivity contribution in [2.24, 2.45) is 5.41 Å². The molecule has 17 heavy (non-hydrogen) atoms. The van der Waals surface area contributed by atoms with Gasteiger partial charge in [0.25, 0.3) is 0 Å². The maximum Gasteiger partial charge on any atom is 0.407 e. The molecule has 3 nitrogen and oxygen atoms in total. The van der Waals surface area contributed by atoms with Crippen molar-refractivity contribution in [2.75, 3.05) is 6.61 Å². The highest BCUT2D eigenvalue weighted by Crippen LogP contribution is 2.38. The standard InChI is InChI=1S/C12H13Cl2NO2/c1-12(2)6-17-11(16)15-10(12)7-3-4-8(13)9(14)5-7/h3-5,10H,6H2,1-2H3,(H,15,16)/t10-/m0/s1. The molecule has 0 radical (unpaired) electrons. The Bertz CT molecular complexity index is 460. The summed E-state index contributed by atoms with van der Waals surface area (Å²) in [4.78, 5) is 11.3. The zero-order valence-corrected chi connectivity index (χ0v) is 11.1. The quantitative estimate of drug-likeness (QED) is 0.845. The first-order chi connectivity index (χ1) is 7.90. The second-order valence-corrected chi connectivity index (χ2v) is 5.63. The van der Waals surface area contributed by atoms with Crippen molar-refractivity contribution < 1.29 is 9.53 Å². The number of hydrogen-bond acceptors (Lipinski definition) is 2. The third-order valence-electron chi connectivity index (χ3n) is 2.90. The molecule has 0 spiro atoms. The predicted octanol–water partition coefficient (Wildman–Crippen LogP) is 3.80. The summed E-state index contributed by atoms with van der Waals surface area (Å²) in [6, 6.07) is 5.25. The van der Waals surface area contributed by atoms with E-state index in [-0.39, 0.29) is 11.5 Å². The molecule has 2 rings (SSSR count). The van der Waals surface area contributed by atoms with Gasteiger partial charge in [0.15, 0.2) is 0 Å². The molecule has 0 aromatic heterocycles. The highest BCUT2D eigenvalue weighted by Gasteiger charge is 2.37. The minimum atomic E-state index is -0.402. The second kappa shape index (κ2) is 4.39. The zero-order valence-electron chi connectivity index (χ0n) is 9.59. The third kappa shape index (κ3) is 2.50. The van der Waals surface area contributed by atoms with E-state index < -0.39 is 6.09 Å². The van der Waals surface area contributed by atoms with Crippen LogP contribution in [-0.4, -0.2) is 12.7 Å². The zero-order chi connectivity index (χ0) is 12.6. The molecule has 1 aliphatic rings. The van der Waals surface area contributed by atoms with E-state index in [0.29, 0.717) is 16.7 Å². The molecule has 0 unspecified atom stereocenters. The number of ether oxygens (including phenoxy) is 1. The van der Waals surface area contributed by atoms with Gasteiger partial charge in [-0.25, -0.2) is 4.79 Å². The van der Waals surface area contributed by atoms with Crippen molar-refractivity contribution in [1.82, 2.24) is 5.32 Å². The van der Waals surface area contributed by atoms with E-state index >= 15 is 0 Å². The van der Waals surface area contributed by atoms with Crippen LogP contribution in [0.5, 0.6) is 0 Å². The van der Waals surface area contributed by atoms with E-state index in [1.165, 1.54) is 0 Å². The molecule has 1 fully saturated rings. The summed E-state index contributed by atoms with van der Waals surface area (Å²) < 4.78 is 4.99. The number of rotatable bonds is 1. The molecule has 1 atom stereocenters. The van der Waals surface area contributed by atoms with E-state index in [2.05, 4.69) is 5.32 Å². The molecule has 0 bridgehead atoms. The van der Waals surface area contributed by atoms with Crippen LogP contribution in [0.25, 0.3) is 0 Å². The molecule has 0 saturated carbocycles. The van der Waals surface area contributed by atoms with Crippen LogP contribution in [0.2, 0.25) is 10.0 Å². The van der Waals surface area contributed by atoms with Crippen molar-refractivity contribution in [3.8, 4) is 0 Å². The fraction of sp³-hybridized carbons (Fsp3) is 0.417. The van der Waals surface area contributed by atoms with Gasteiger partial charge in [-0.3, -0.25) is 0 Å². The monoisotopic (exact) mass is 273 g/mol. The molecule has 1 aromatic rings. The second-order valence-electron chi connectivity index (χ2n) is 4.82. The summed E-state index contributed by atoms with van der Waals surface area (Å²) in [7, 11) is 0. The van der Waals surface area contributed by atoms with Crippen LogP contribution in [0.3, 0.4) is 0 Å². The highest BCUT2D eigenvalue weighted by molar-refractivity contribution is 6.42. The lowest BCUT2D eigenvalue weighted by atomic mass is 9.80. The summed E-state index contributed by atoms with van der Waals surface area (Å²) in [5.41, 5.74) is 0.742. The van der Waals surface area contributed by atoms with E-state index in [4.69, 9.17) is 27.9 Å². The van der Waals surface area contributed by atoms with Crippen LogP contribution in [0, 0.1) is 5.41 Å². The van der Waals surface area contributed by atoms with Crippen molar-refractivity contribution >= 4 is 29.3 Å². The Morgan fingerprint density at radius 1 is 1.35 bits per heavy atom. The number of alkyl carbamates (subject to hydrolysis) is 1. The summed E-state index contributed by atoms with van der Waals surface area (Å²) >= 11 is 11.9. The van der Waals surface area contributed by atoms with Crippen LogP contribution >= 0.6 is 23.2 Å². The molecule has 1 amide bonds. The van der Waals surface area contributed by atoms with E-state index in [0.717, 1.165) is 5.56 Å². The molecule has 1 N–H and O–H groups in total. The minimum Gasteiger partial charge on any atom is -0.449 e. The van der Waals surface area contributed by atoms with Gasteiger partial charge in [-0.1, -0.05) is 43.1 Å². The maximum absolute atomic E-state index is 11.3. The third-order valence-corrected chi connectivity index (χ3v) is 3.63. The van der Waals surface area contributed by atoms with Crippen LogP contribution in [0.4, 0.5) is 4.79 Å². The number of halogens is 2. The Labute approximate surface area is 110 Å². The van der Waals surface area contributed by atoms with Gasteiger partial charge in [0, 0.05) is 5.41 Å². The number of carbonyl (C=O) groups excluding carboxylic acids is 1. The van der Waals surface area contributed by atoms with Gasteiger partial charge in [0.2, 0.25) is 0 Å². The van der Waals surface area contributed by atoms with Gasteiger partial charge in [-0.05, 0) is 17.7 Å². The van der Waals surface area contributed by atoms with Crippen molar-refractivity contribution in [3.63, 3.8) is 0 Å². The first-order valence-corrected chi connectivity index (χ1v) is 6.04. The summed E-state index contributed by atoms with van der Waals surface area (Å²) in [5.74, 6) is 0. The minimum absolute atomic E-state index is 0.126. The lowest BCUT2D eigenvalue weighted by molar-refractivity contribution is 0.0387. The Balaban J connectivity index is 2.36. The van der Waals surface area contributed by atoms with Gasteiger partial charge in [-0.15, -0.1) is 0 Å². The summed E-state index contributed by atoms with van der Waals surface area (Å²) in [6.45, 7) is 4.43. The fourth-order valence-corrected chi connectivity index (χ4v) is 2.22. The van der Waals surface area contributed by atoms with Crippen LogP contribution < -0.4 is 5.32 Å². The molecular weight excluding hydrogens is 261 g/mol. The number of carbonyl (C=O) groups is 1. The molecule has 1 aromatic carbocycles. The fourth-order valence-electron chi connectivity index (χ4n) is 1.92. The molecule has 1 aliphatic heterocycles. The highest BCUT2D eigenvalue weighted by atomic mass is 35.5. The topological polar surface area (TPSA) is 38.3 Å². The van der Waals surface area contributed by atoms with E-state index in [1.807, 2.05) is 19.9 Å². The maximum atomic E-state index is 11.3. The number of cyclic esters (lactones) is 1. The average molecular weight is 274 g/mol. The van der Waals surface area contributed by atoms with Crippen LogP contribution in [-0.2, 0) is 4.74 Å². The molecule has 1 saturated heterocycles. The molecule has 0 aliphatic carbocycles. The Kier molecular flexibility index (Phi) is 3.23. The van der Waals surface area contributed by atoms with Gasteiger partial charge in [0.1, 0.15) is 6.61 Å². The van der Waals surface area contributed by atoms with Crippen molar-refractivity contribution in [1.29, 1.82) is 0 Å². The van der Waals surface area contributed by atoms with Gasteiger partial charge in [0.05, 0.1) is 16.1 Å². The average Bonchev–Trinajstić information content (AvgIpc) is 2.26. The number of amides is 1. The Hall–Kier alpha value is -0.930. The summed E-state index contributed by atoms with van der Waals surface area (Å²) in [5, 5.41) is 3.80. The first kappa shape index (κ1) is 12.5. The molecule has 92 valence electrons. The van der Waals surface area contributed by atoms with E-state index in [1.54, 1.807) is 12.1 Å². The number of hydrogen-bond donors (Lipinski definition) is 1. The SMILES string of the molecule is CC1(C)COC(=O)N[C@H]1c1ccc(Cl)c(Cl)c1. The molecular formula is C12H13Cl2NO2. The lowest BCUT2D eigenvalue weighted by Crippen LogP contribution is -2.46. The normalized spacial score (nSPS) is 22.8. The molecule has 5 heteroatoms. The van der Waals surface area contributed by atoms with Crippen LogP contribution in [0.15, 0.2) is 18.2 Å². The van der Waals surface area contributed by atoms with Crippen molar-refractivity contribution in [3.05, 3.63) is 33.8 Å². The van der Waals surface area contributed by atoms with Gasteiger partial charge in [-0.2, -0.15) is 0 Å². The van der Waals surface area contributed by atoms with E-state index in [9.17, 15) is 4.79 Å². The number of benzene rings is 1. The van der Waals surface area contributed by atoms with Crippen LogP contribution in [0.1, 0.15) is 25.5 Å². The molecule has 1 heterocycles. The predicted molar refractivity (Wildman–Crippen MR) is 67.5 cm³/mol. The number of nitrogens with one attached hydrogen (secondary N) is 1. The first-order valence-electron chi connectivity index (χ1n) is 5.28. The summed E-state index contributed by atoms with van der Waals surface area (Å²) in [6.07, 6.45) is -0.402. The Morgan fingerprint density at radius 2 is 2.06 bits per heavy atom. The van der Waals surface area contributed by atoms with Crippen molar-refractivity contribution in [2.45, 2.75) is 19.9 Å². The van der Waals surface area contributed by atoms with Gasteiger partial charge < -0.3 is 10.1 Å². The van der Waals surface area contributed by atoms with Gasteiger partial charge >= 0.3 is 6.09 Å². The largest absolute Gasteiger partial charge is 0.449 e. The Morgan fingerprint density at radius 3 is 2.71 bits per heavy atom.